The Kier molecular flexibility index (Phi) is 9.76. The van der Waals surface area contributed by atoms with Crippen molar-refractivity contribution in [2.45, 2.75) is 51.2 Å². The lowest BCUT2D eigenvalue weighted by Gasteiger charge is -2.22. The molecule has 1 aliphatic carbocycles. The summed E-state index contributed by atoms with van der Waals surface area (Å²) in [6.45, 7) is 2.16. The lowest BCUT2D eigenvalue weighted by molar-refractivity contribution is 0.0277. The van der Waals surface area contributed by atoms with Crippen molar-refractivity contribution in [1.29, 1.82) is 0 Å². The lowest BCUT2D eigenvalue weighted by Crippen LogP contribution is -2.37. The second-order valence-electron chi connectivity index (χ2n) is 6.83. The van der Waals surface area contributed by atoms with Crippen molar-refractivity contribution >= 4 is 5.96 Å². The summed E-state index contributed by atoms with van der Waals surface area (Å²) in [6, 6.07) is 3.83. The van der Waals surface area contributed by atoms with Crippen molar-refractivity contribution < 1.29 is 18.9 Å². The van der Waals surface area contributed by atoms with Gasteiger partial charge < -0.3 is 29.6 Å². The predicted molar refractivity (Wildman–Crippen MR) is 112 cm³/mol. The maximum Gasteiger partial charge on any atom is 0.203 e. The highest BCUT2D eigenvalue weighted by molar-refractivity contribution is 5.79. The Labute approximate surface area is 168 Å². The SMILES string of the molecule is CN=C(NCCCOC1CCCCC1)NCc1ccc(OC)c(OC)c1OC. The average molecular weight is 394 g/mol. The Morgan fingerprint density at radius 2 is 1.75 bits per heavy atom. The zero-order valence-corrected chi connectivity index (χ0v) is 17.7. The van der Waals surface area contributed by atoms with Crippen molar-refractivity contribution in [2.75, 3.05) is 41.5 Å². The summed E-state index contributed by atoms with van der Waals surface area (Å²) >= 11 is 0. The summed E-state index contributed by atoms with van der Waals surface area (Å²) in [5, 5.41) is 6.64. The summed E-state index contributed by atoms with van der Waals surface area (Å²) in [6.07, 6.45) is 7.81. The number of benzene rings is 1. The monoisotopic (exact) mass is 393 g/mol. The molecule has 0 spiro atoms. The van der Waals surface area contributed by atoms with Gasteiger partial charge in [-0.05, 0) is 31.4 Å². The molecule has 1 fully saturated rings. The number of rotatable bonds is 10. The first-order chi connectivity index (χ1) is 13.7. The first kappa shape index (κ1) is 22.1. The molecule has 0 bridgehead atoms. The first-order valence-corrected chi connectivity index (χ1v) is 10.1. The standard InChI is InChI=1S/C21H35N3O4/c1-22-21(23-13-8-14-28-17-9-6-5-7-10-17)24-15-16-11-12-18(25-2)20(27-4)19(16)26-3/h11-12,17H,5-10,13-15H2,1-4H3,(H2,22,23,24). The van der Waals surface area contributed by atoms with Crippen molar-refractivity contribution in [2.24, 2.45) is 4.99 Å². The maximum atomic E-state index is 5.96. The Balaban J connectivity index is 1.77. The number of hydrogen-bond donors (Lipinski definition) is 2. The molecule has 1 aliphatic rings. The van der Waals surface area contributed by atoms with E-state index in [4.69, 9.17) is 18.9 Å². The molecule has 0 amide bonds. The molecule has 0 aliphatic heterocycles. The van der Waals surface area contributed by atoms with Crippen LogP contribution in [-0.2, 0) is 11.3 Å². The van der Waals surface area contributed by atoms with Gasteiger partial charge >= 0.3 is 0 Å². The summed E-state index contributed by atoms with van der Waals surface area (Å²) in [5.41, 5.74) is 0.962. The van der Waals surface area contributed by atoms with E-state index in [2.05, 4.69) is 15.6 Å². The second kappa shape index (κ2) is 12.3. The van der Waals surface area contributed by atoms with Crippen LogP contribution in [0.4, 0.5) is 0 Å². The number of methoxy groups -OCH3 is 3. The molecule has 2 N–H and O–H groups in total. The van der Waals surface area contributed by atoms with Gasteiger partial charge in [-0.15, -0.1) is 0 Å². The number of ether oxygens (including phenoxy) is 4. The number of hydrogen-bond acceptors (Lipinski definition) is 5. The number of nitrogens with zero attached hydrogens (tertiary/aromatic N) is 1. The molecule has 7 heteroatoms. The van der Waals surface area contributed by atoms with E-state index in [1.54, 1.807) is 28.4 Å². The van der Waals surface area contributed by atoms with Gasteiger partial charge in [0.1, 0.15) is 0 Å². The van der Waals surface area contributed by atoms with Crippen LogP contribution in [0, 0.1) is 0 Å². The van der Waals surface area contributed by atoms with E-state index in [9.17, 15) is 0 Å². The van der Waals surface area contributed by atoms with Crippen LogP contribution < -0.4 is 24.8 Å². The van der Waals surface area contributed by atoms with Gasteiger partial charge in [-0.25, -0.2) is 0 Å². The molecule has 0 radical (unpaired) electrons. The third-order valence-corrected chi connectivity index (χ3v) is 4.97. The summed E-state index contributed by atoms with van der Waals surface area (Å²) in [7, 11) is 6.60. The molecule has 158 valence electrons. The van der Waals surface area contributed by atoms with E-state index >= 15 is 0 Å². The summed E-state index contributed by atoms with van der Waals surface area (Å²) in [5.74, 6) is 2.64. The first-order valence-electron chi connectivity index (χ1n) is 10.1. The molecule has 0 atom stereocenters. The van der Waals surface area contributed by atoms with Crippen molar-refractivity contribution in [3.05, 3.63) is 17.7 Å². The van der Waals surface area contributed by atoms with E-state index in [1.807, 2.05) is 12.1 Å². The van der Waals surface area contributed by atoms with Crippen LogP contribution in [-0.4, -0.2) is 53.6 Å². The minimum absolute atomic E-state index is 0.462. The van der Waals surface area contributed by atoms with Gasteiger partial charge in [-0.2, -0.15) is 0 Å². The molecule has 1 saturated carbocycles. The number of guanidine groups is 1. The van der Waals surface area contributed by atoms with Gasteiger partial charge in [-0.3, -0.25) is 4.99 Å². The van der Waals surface area contributed by atoms with Crippen LogP contribution in [0.5, 0.6) is 17.2 Å². The van der Waals surface area contributed by atoms with Gasteiger partial charge in [0.05, 0.1) is 27.4 Å². The number of aliphatic imine (C=N–C) groups is 1. The summed E-state index contributed by atoms with van der Waals surface area (Å²) in [4.78, 5) is 4.28. The van der Waals surface area contributed by atoms with Crippen LogP contribution in [0.3, 0.4) is 0 Å². The molecule has 7 nitrogen and oxygen atoms in total. The van der Waals surface area contributed by atoms with Crippen molar-refractivity contribution in [3.8, 4) is 17.2 Å². The van der Waals surface area contributed by atoms with Crippen LogP contribution >= 0.6 is 0 Å². The van der Waals surface area contributed by atoms with Gasteiger partial charge in [0.2, 0.25) is 5.75 Å². The van der Waals surface area contributed by atoms with E-state index in [0.717, 1.165) is 31.1 Å². The van der Waals surface area contributed by atoms with Gasteiger partial charge in [0.15, 0.2) is 17.5 Å². The minimum Gasteiger partial charge on any atom is -0.493 e. The Bertz CT molecular complexity index is 616. The fraction of sp³-hybridized carbons (Fsp3) is 0.667. The van der Waals surface area contributed by atoms with Crippen LogP contribution in [0.2, 0.25) is 0 Å². The molecule has 0 saturated heterocycles. The zero-order valence-electron chi connectivity index (χ0n) is 17.7. The van der Waals surface area contributed by atoms with Crippen LogP contribution in [0.25, 0.3) is 0 Å². The molecule has 1 aromatic carbocycles. The summed E-state index contributed by atoms with van der Waals surface area (Å²) < 4.78 is 22.3. The molecule has 1 aromatic rings. The molecule has 28 heavy (non-hydrogen) atoms. The Morgan fingerprint density at radius 1 is 1.00 bits per heavy atom. The van der Waals surface area contributed by atoms with Crippen LogP contribution in [0.15, 0.2) is 17.1 Å². The topological polar surface area (TPSA) is 73.3 Å². The Morgan fingerprint density at radius 3 is 2.39 bits per heavy atom. The zero-order chi connectivity index (χ0) is 20.2. The quantitative estimate of drug-likeness (QED) is 0.361. The molecule has 0 unspecified atom stereocenters. The van der Waals surface area contributed by atoms with E-state index in [1.165, 1.54) is 32.1 Å². The highest BCUT2D eigenvalue weighted by atomic mass is 16.5. The normalized spacial score (nSPS) is 15.2. The van der Waals surface area contributed by atoms with Gasteiger partial charge in [0.25, 0.3) is 0 Å². The van der Waals surface area contributed by atoms with Gasteiger partial charge in [-0.1, -0.05) is 19.3 Å². The van der Waals surface area contributed by atoms with E-state index in [-0.39, 0.29) is 0 Å². The van der Waals surface area contributed by atoms with Crippen molar-refractivity contribution in [1.82, 2.24) is 10.6 Å². The molecule has 0 aromatic heterocycles. The second-order valence-corrected chi connectivity index (χ2v) is 6.83. The third-order valence-electron chi connectivity index (χ3n) is 4.97. The highest BCUT2D eigenvalue weighted by Gasteiger charge is 2.16. The highest BCUT2D eigenvalue weighted by Crippen LogP contribution is 2.39. The third kappa shape index (κ3) is 6.48. The number of nitrogens with one attached hydrogen (secondary N) is 2. The fourth-order valence-electron chi connectivity index (χ4n) is 3.46. The molecular formula is C21H35N3O4. The van der Waals surface area contributed by atoms with E-state index < -0.39 is 0 Å². The van der Waals surface area contributed by atoms with E-state index in [0.29, 0.717) is 29.9 Å². The average Bonchev–Trinajstić information content (AvgIpc) is 2.75. The molecular weight excluding hydrogens is 358 g/mol. The largest absolute Gasteiger partial charge is 0.493 e. The lowest BCUT2D eigenvalue weighted by atomic mass is 9.98. The molecule has 2 rings (SSSR count). The minimum atomic E-state index is 0.462. The maximum absolute atomic E-state index is 5.96. The Hall–Kier alpha value is -2.15. The fourth-order valence-corrected chi connectivity index (χ4v) is 3.46. The van der Waals surface area contributed by atoms with Crippen molar-refractivity contribution in [3.63, 3.8) is 0 Å². The van der Waals surface area contributed by atoms with Gasteiger partial charge in [0, 0.05) is 32.3 Å². The predicted octanol–water partition coefficient (Wildman–Crippen LogP) is 3.12. The molecule has 0 heterocycles. The van der Waals surface area contributed by atoms with Crippen LogP contribution in [0.1, 0.15) is 44.1 Å². The smallest absolute Gasteiger partial charge is 0.203 e.